The molecule has 0 saturated heterocycles. The molecule has 0 amide bonds. The number of phenolic OH excluding ortho intramolecular Hbond substituents is 1. The van der Waals surface area contributed by atoms with Crippen molar-refractivity contribution in [2.24, 2.45) is 5.92 Å². The van der Waals surface area contributed by atoms with Crippen LogP contribution in [-0.4, -0.2) is 24.0 Å². The minimum absolute atomic E-state index is 0.0145. The molecule has 0 aliphatic heterocycles. The van der Waals surface area contributed by atoms with Gasteiger partial charge in [-0.1, -0.05) is 24.6 Å². The third-order valence-corrected chi connectivity index (χ3v) is 4.43. The van der Waals surface area contributed by atoms with Crippen molar-refractivity contribution in [3.63, 3.8) is 0 Å². The first-order valence-corrected chi connectivity index (χ1v) is 8.09. The van der Waals surface area contributed by atoms with E-state index in [2.05, 4.69) is 0 Å². The van der Waals surface area contributed by atoms with Crippen LogP contribution in [0, 0.1) is 5.92 Å². The van der Waals surface area contributed by atoms with Crippen LogP contribution in [0.5, 0.6) is 5.75 Å². The van der Waals surface area contributed by atoms with E-state index >= 15 is 0 Å². The van der Waals surface area contributed by atoms with Crippen molar-refractivity contribution in [2.45, 2.75) is 51.4 Å². The van der Waals surface area contributed by atoms with Crippen molar-refractivity contribution < 1.29 is 19.4 Å². The monoisotopic (exact) mass is 304 g/mol. The fraction of sp³-hybridized carbons (Fsp3) is 0.556. The van der Waals surface area contributed by atoms with Gasteiger partial charge >= 0.3 is 5.97 Å². The van der Waals surface area contributed by atoms with Gasteiger partial charge < -0.3 is 14.6 Å². The lowest BCUT2D eigenvalue weighted by Crippen LogP contribution is -2.08. The molecule has 1 unspecified atom stereocenters. The van der Waals surface area contributed by atoms with Gasteiger partial charge in [-0.15, -0.1) is 0 Å². The number of carbonyl (C=O) groups is 2. The van der Waals surface area contributed by atoms with Crippen LogP contribution in [-0.2, 0) is 20.7 Å². The fourth-order valence-electron chi connectivity index (χ4n) is 3.31. The first kappa shape index (κ1) is 16.5. The zero-order chi connectivity index (χ0) is 15.9. The summed E-state index contributed by atoms with van der Waals surface area (Å²) >= 11 is 0. The molecule has 22 heavy (non-hydrogen) atoms. The van der Waals surface area contributed by atoms with Crippen LogP contribution < -0.4 is 0 Å². The topological polar surface area (TPSA) is 63.6 Å². The number of para-hydroxylation sites is 1. The Kier molecular flexibility index (Phi) is 5.99. The molecule has 1 aromatic carbocycles. The van der Waals surface area contributed by atoms with Crippen LogP contribution in [0.15, 0.2) is 18.2 Å². The molecule has 1 aromatic rings. The zero-order valence-corrected chi connectivity index (χ0v) is 13.1. The predicted octanol–water partition coefficient (Wildman–Crippen LogP) is 3.36. The lowest BCUT2D eigenvalue weighted by atomic mass is 9.87. The Morgan fingerprint density at radius 2 is 2.23 bits per heavy atom. The normalized spacial score (nSPS) is 20.8. The SMILES string of the molecule is CCOC(=O)CCCc1cccc([C@H]2CCCC2C=O)c1O. The van der Waals surface area contributed by atoms with Crippen molar-refractivity contribution in [3.05, 3.63) is 29.3 Å². The highest BCUT2D eigenvalue weighted by Gasteiger charge is 2.30. The summed E-state index contributed by atoms with van der Waals surface area (Å²) in [6, 6.07) is 5.72. The number of aromatic hydroxyl groups is 1. The highest BCUT2D eigenvalue weighted by Crippen LogP contribution is 2.42. The van der Waals surface area contributed by atoms with E-state index in [0.717, 1.165) is 36.7 Å². The van der Waals surface area contributed by atoms with E-state index in [4.69, 9.17) is 4.74 Å². The second-order valence-electron chi connectivity index (χ2n) is 5.85. The molecule has 4 heteroatoms. The van der Waals surface area contributed by atoms with E-state index in [-0.39, 0.29) is 17.8 Å². The van der Waals surface area contributed by atoms with E-state index in [1.54, 1.807) is 6.92 Å². The van der Waals surface area contributed by atoms with Gasteiger partial charge in [0.2, 0.25) is 0 Å². The number of phenols is 1. The summed E-state index contributed by atoms with van der Waals surface area (Å²) in [6.45, 7) is 2.19. The van der Waals surface area contributed by atoms with E-state index in [9.17, 15) is 14.7 Å². The summed E-state index contributed by atoms with van der Waals surface area (Å²) in [4.78, 5) is 22.5. The molecule has 1 saturated carbocycles. The van der Waals surface area contributed by atoms with Gasteiger partial charge in [0.15, 0.2) is 0 Å². The predicted molar refractivity (Wildman–Crippen MR) is 83.8 cm³/mol. The maximum absolute atomic E-state index is 11.4. The molecule has 2 rings (SSSR count). The summed E-state index contributed by atoms with van der Waals surface area (Å²) < 4.78 is 4.90. The Morgan fingerprint density at radius 3 is 2.95 bits per heavy atom. The number of benzene rings is 1. The molecule has 0 heterocycles. The van der Waals surface area contributed by atoms with Gasteiger partial charge in [-0.3, -0.25) is 4.79 Å². The maximum Gasteiger partial charge on any atom is 0.305 e. The van der Waals surface area contributed by atoms with Crippen LogP contribution in [0.1, 0.15) is 56.1 Å². The standard InChI is InChI=1S/C18H24O4/c1-2-22-17(20)11-5-7-13-6-3-10-16(18(13)21)15-9-4-8-14(15)12-19/h3,6,10,12,14-15,21H,2,4-5,7-9,11H2,1H3/t14?,15-/m0/s1. The second kappa shape index (κ2) is 7.97. The first-order valence-electron chi connectivity index (χ1n) is 8.09. The maximum atomic E-state index is 11.4. The summed E-state index contributed by atoms with van der Waals surface area (Å²) in [7, 11) is 0. The largest absolute Gasteiger partial charge is 0.507 e. The number of aldehydes is 1. The zero-order valence-electron chi connectivity index (χ0n) is 13.1. The molecule has 1 N–H and O–H groups in total. The molecule has 0 bridgehead atoms. The molecular formula is C18H24O4. The summed E-state index contributed by atoms with van der Waals surface area (Å²) in [5.41, 5.74) is 1.72. The highest BCUT2D eigenvalue weighted by atomic mass is 16.5. The number of carbonyl (C=O) groups excluding carboxylic acids is 2. The minimum Gasteiger partial charge on any atom is -0.507 e. The lowest BCUT2D eigenvalue weighted by molar-refractivity contribution is -0.143. The fourth-order valence-corrected chi connectivity index (χ4v) is 3.31. The molecule has 1 fully saturated rings. The smallest absolute Gasteiger partial charge is 0.305 e. The average Bonchev–Trinajstić information content (AvgIpc) is 2.97. The Balaban J connectivity index is 2.03. The summed E-state index contributed by atoms with van der Waals surface area (Å²) in [6.07, 6.45) is 5.54. The first-order chi connectivity index (χ1) is 10.7. The molecule has 0 spiro atoms. The quantitative estimate of drug-likeness (QED) is 0.619. The second-order valence-corrected chi connectivity index (χ2v) is 5.85. The van der Waals surface area contributed by atoms with Crippen molar-refractivity contribution in [2.75, 3.05) is 6.61 Å². The molecule has 0 radical (unpaired) electrons. The third-order valence-electron chi connectivity index (χ3n) is 4.43. The van der Waals surface area contributed by atoms with Crippen molar-refractivity contribution in [3.8, 4) is 5.75 Å². The molecule has 2 atom stereocenters. The van der Waals surface area contributed by atoms with Gasteiger partial charge in [0.25, 0.3) is 0 Å². The lowest BCUT2D eigenvalue weighted by Gasteiger charge is -2.18. The average molecular weight is 304 g/mol. The minimum atomic E-state index is -0.199. The molecule has 120 valence electrons. The number of ether oxygens (including phenoxy) is 1. The van der Waals surface area contributed by atoms with Gasteiger partial charge in [0.1, 0.15) is 12.0 Å². The Bertz CT molecular complexity index is 524. The van der Waals surface area contributed by atoms with Gasteiger partial charge in [-0.25, -0.2) is 0 Å². The Labute approximate surface area is 131 Å². The molecule has 1 aliphatic carbocycles. The van der Waals surface area contributed by atoms with Gasteiger partial charge in [0.05, 0.1) is 6.61 Å². The number of rotatable bonds is 7. The van der Waals surface area contributed by atoms with Crippen LogP contribution in [0.3, 0.4) is 0 Å². The molecule has 0 aromatic heterocycles. The van der Waals surface area contributed by atoms with E-state index < -0.39 is 0 Å². The number of hydrogen-bond donors (Lipinski definition) is 1. The van der Waals surface area contributed by atoms with Crippen LogP contribution >= 0.6 is 0 Å². The van der Waals surface area contributed by atoms with E-state index in [0.29, 0.717) is 31.6 Å². The molecule has 4 nitrogen and oxygen atoms in total. The van der Waals surface area contributed by atoms with Crippen molar-refractivity contribution >= 4 is 12.3 Å². The summed E-state index contributed by atoms with van der Waals surface area (Å²) in [5.74, 6) is 0.239. The van der Waals surface area contributed by atoms with Crippen molar-refractivity contribution in [1.29, 1.82) is 0 Å². The number of hydrogen-bond acceptors (Lipinski definition) is 4. The van der Waals surface area contributed by atoms with Gasteiger partial charge in [0, 0.05) is 12.3 Å². The van der Waals surface area contributed by atoms with Gasteiger partial charge in [-0.05, 0) is 49.7 Å². The highest BCUT2D eigenvalue weighted by molar-refractivity contribution is 5.69. The van der Waals surface area contributed by atoms with Gasteiger partial charge in [-0.2, -0.15) is 0 Å². The number of aryl methyl sites for hydroxylation is 1. The van der Waals surface area contributed by atoms with Crippen molar-refractivity contribution in [1.82, 2.24) is 0 Å². The molecular weight excluding hydrogens is 280 g/mol. The molecule has 1 aliphatic rings. The van der Waals surface area contributed by atoms with E-state index in [1.807, 2.05) is 18.2 Å². The Hall–Kier alpha value is -1.84. The van der Waals surface area contributed by atoms with E-state index in [1.165, 1.54) is 0 Å². The van der Waals surface area contributed by atoms with Crippen LogP contribution in [0.2, 0.25) is 0 Å². The van der Waals surface area contributed by atoms with Crippen LogP contribution in [0.25, 0.3) is 0 Å². The Morgan fingerprint density at radius 1 is 1.41 bits per heavy atom. The number of esters is 1. The van der Waals surface area contributed by atoms with Crippen LogP contribution in [0.4, 0.5) is 0 Å². The third kappa shape index (κ3) is 3.87. The summed E-state index contributed by atoms with van der Waals surface area (Å²) in [5, 5.41) is 10.5.